The number of hydrogen-bond donors (Lipinski definition) is 1. The molecular weight excluding hydrogens is 244 g/mol. The Hall–Kier alpha value is -0.200. The van der Waals surface area contributed by atoms with Crippen molar-refractivity contribution in [2.75, 3.05) is 47.1 Å². The van der Waals surface area contributed by atoms with E-state index in [4.69, 9.17) is 14.2 Å². The van der Waals surface area contributed by atoms with Gasteiger partial charge in [0.15, 0.2) is 5.79 Å². The lowest BCUT2D eigenvalue weighted by atomic mass is 9.85. The average molecular weight is 272 g/mol. The predicted molar refractivity (Wildman–Crippen MR) is 74.2 cm³/mol. The summed E-state index contributed by atoms with van der Waals surface area (Å²) >= 11 is 0. The van der Waals surface area contributed by atoms with Crippen molar-refractivity contribution < 1.29 is 14.2 Å². The molecule has 1 saturated heterocycles. The van der Waals surface area contributed by atoms with Gasteiger partial charge in [0, 0.05) is 38.1 Å². The first-order valence-electron chi connectivity index (χ1n) is 7.44. The highest BCUT2D eigenvalue weighted by atomic mass is 16.7. The molecule has 5 heteroatoms. The number of nitrogens with zero attached hydrogens (tertiary/aromatic N) is 1. The van der Waals surface area contributed by atoms with Gasteiger partial charge in [-0.3, -0.25) is 4.90 Å². The smallest absolute Gasteiger partial charge is 0.170 e. The second kappa shape index (κ2) is 6.99. The second-order valence-corrected chi connectivity index (χ2v) is 5.49. The first-order chi connectivity index (χ1) is 9.21. The first kappa shape index (κ1) is 15.2. The Balaban J connectivity index is 1.93. The normalized spacial score (nSPS) is 30.3. The molecule has 19 heavy (non-hydrogen) atoms. The molecule has 2 fully saturated rings. The van der Waals surface area contributed by atoms with Crippen LogP contribution in [0.4, 0.5) is 0 Å². The van der Waals surface area contributed by atoms with E-state index < -0.39 is 0 Å². The Bertz CT molecular complexity index is 269. The van der Waals surface area contributed by atoms with Crippen molar-refractivity contribution in [3.05, 3.63) is 0 Å². The number of nitrogens with one attached hydrogen (secondary N) is 1. The molecule has 1 aliphatic heterocycles. The van der Waals surface area contributed by atoms with Gasteiger partial charge in [0.05, 0.1) is 19.8 Å². The largest absolute Gasteiger partial charge is 0.380 e. The number of hydrogen-bond acceptors (Lipinski definition) is 5. The lowest BCUT2D eigenvalue weighted by Crippen LogP contribution is -2.56. The molecule has 0 aromatic rings. The van der Waals surface area contributed by atoms with Crippen molar-refractivity contribution in [2.45, 2.75) is 44.1 Å². The van der Waals surface area contributed by atoms with Gasteiger partial charge in [0.1, 0.15) is 0 Å². The summed E-state index contributed by atoms with van der Waals surface area (Å²) in [6.07, 6.45) is 3.04. The van der Waals surface area contributed by atoms with E-state index in [1.807, 2.05) is 14.0 Å². The maximum Gasteiger partial charge on any atom is 0.170 e. The van der Waals surface area contributed by atoms with Crippen molar-refractivity contribution in [3.8, 4) is 0 Å². The molecule has 2 unspecified atom stereocenters. The molecule has 1 N–H and O–H groups in total. The van der Waals surface area contributed by atoms with Crippen LogP contribution in [-0.2, 0) is 14.2 Å². The average Bonchev–Trinajstić information content (AvgIpc) is 2.87. The van der Waals surface area contributed by atoms with Crippen LogP contribution in [0.15, 0.2) is 0 Å². The summed E-state index contributed by atoms with van der Waals surface area (Å²) in [5.74, 6) is -0.322. The molecule has 2 rings (SSSR count). The maximum absolute atomic E-state index is 5.87. The van der Waals surface area contributed by atoms with E-state index >= 15 is 0 Å². The second-order valence-electron chi connectivity index (χ2n) is 5.49. The van der Waals surface area contributed by atoms with Gasteiger partial charge in [0.25, 0.3) is 0 Å². The molecular formula is C14H28N2O3. The third-order valence-electron chi connectivity index (χ3n) is 4.36. The fourth-order valence-electron chi connectivity index (χ4n) is 3.21. The molecule has 2 atom stereocenters. The van der Waals surface area contributed by atoms with Crippen LogP contribution in [0.1, 0.15) is 26.2 Å². The molecule has 1 saturated carbocycles. The minimum atomic E-state index is -0.322. The summed E-state index contributed by atoms with van der Waals surface area (Å²) in [6, 6.07) is 0.947. The molecule has 1 aliphatic carbocycles. The summed E-state index contributed by atoms with van der Waals surface area (Å²) in [7, 11) is 4.21. The van der Waals surface area contributed by atoms with Crippen molar-refractivity contribution in [1.29, 1.82) is 0 Å². The van der Waals surface area contributed by atoms with Gasteiger partial charge in [-0.1, -0.05) is 0 Å². The Morgan fingerprint density at radius 1 is 1.37 bits per heavy atom. The van der Waals surface area contributed by atoms with Crippen molar-refractivity contribution in [1.82, 2.24) is 10.2 Å². The van der Waals surface area contributed by atoms with E-state index in [1.165, 1.54) is 0 Å². The van der Waals surface area contributed by atoms with E-state index in [9.17, 15) is 0 Å². The van der Waals surface area contributed by atoms with Gasteiger partial charge in [-0.05, 0) is 27.4 Å². The fraction of sp³-hybridized carbons (Fsp3) is 1.00. The lowest BCUT2D eigenvalue weighted by molar-refractivity contribution is -0.192. The van der Waals surface area contributed by atoms with E-state index in [-0.39, 0.29) is 5.79 Å². The van der Waals surface area contributed by atoms with Crippen molar-refractivity contribution >= 4 is 0 Å². The number of likely N-dealkylation sites (N-methyl/N-ethyl adjacent to an activating group) is 2. The van der Waals surface area contributed by atoms with Crippen LogP contribution in [-0.4, -0.2) is 69.8 Å². The van der Waals surface area contributed by atoms with Crippen LogP contribution in [0.25, 0.3) is 0 Å². The molecule has 5 nitrogen and oxygen atoms in total. The molecule has 0 amide bonds. The van der Waals surface area contributed by atoms with Crippen LogP contribution < -0.4 is 5.32 Å². The quantitative estimate of drug-likeness (QED) is 0.726. The van der Waals surface area contributed by atoms with Crippen LogP contribution >= 0.6 is 0 Å². The van der Waals surface area contributed by atoms with Gasteiger partial charge in [-0.2, -0.15) is 0 Å². The summed E-state index contributed by atoms with van der Waals surface area (Å²) < 4.78 is 17.2. The standard InChI is InChI=1S/C14H28N2O3/c1-4-17-8-7-16(3)13-11-14(18-9-10-19-14)6-5-12(13)15-2/h12-13,15H,4-11H2,1-3H3. The number of ether oxygens (including phenoxy) is 3. The fourth-order valence-corrected chi connectivity index (χ4v) is 3.21. The molecule has 1 heterocycles. The monoisotopic (exact) mass is 272 g/mol. The van der Waals surface area contributed by atoms with Gasteiger partial charge in [-0.15, -0.1) is 0 Å². The highest BCUT2D eigenvalue weighted by Crippen LogP contribution is 2.37. The Morgan fingerprint density at radius 2 is 2.11 bits per heavy atom. The van der Waals surface area contributed by atoms with E-state index in [0.29, 0.717) is 12.1 Å². The van der Waals surface area contributed by atoms with E-state index in [1.54, 1.807) is 0 Å². The minimum absolute atomic E-state index is 0.322. The zero-order valence-electron chi connectivity index (χ0n) is 12.5. The topological polar surface area (TPSA) is 43.0 Å². The molecule has 0 radical (unpaired) electrons. The molecule has 1 spiro atoms. The van der Waals surface area contributed by atoms with E-state index in [0.717, 1.165) is 52.2 Å². The Labute approximate surface area is 116 Å². The molecule has 2 aliphatic rings. The van der Waals surface area contributed by atoms with Gasteiger partial charge in [0.2, 0.25) is 0 Å². The van der Waals surface area contributed by atoms with Gasteiger partial charge < -0.3 is 19.5 Å². The summed E-state index contributed by atoms with van der Waals surface area (Å²) in [6.45, 7) is 6.02. The highest BCUT2D eigenvalue weighted by Gasteiger charge is 2.45. The van der Waals surface area contributed by atoms with Gasteiger partial charge >= 0.3 is 0 Å². The summed E-state index contributed by atoms with van der Waals surface area (Å²) in [5, 5.41) is 3.44. The van der Waals surface area contributed by atoms with Crippen molar-refractivity contribution in [3.63, 3.8) is 0 Å². The number of rotatable bonds is 6. The first-order valence-corrected chi connectivity index (χ1v) is 7.44. The Morgan fingerprint density at radius 3 is 2.74 bits per heavy atom. The van der Waals surface area contributed by atoms with Crippen LogP contribution in [0, 0.1) is 0 Å². The Kier molecular flexibility index (Phi) is 5.59. The highest BCUT2D eigenvalue weighted by molar-refractivity contribution is 4.95. The molecule has 0 bridgehead atoms. The maximum atomic E-state index is 5.87. The zero-order chi connectivity index (χ0) is 13.7. The molecule has 0 aromatic heterocycles. The molecule has 112 valence electrons. The zero-order valence-corrected chi connectivity index (χ0v) is 12.5. The SMILES string of the molecule is CCOCCN(C)C1CC2(CCC1NC)OCCO2. The lowest BCUT2D eigenvalue weighted by Gasteiger charge is -2.44. The summed E-state index contributed by atoms with van der Waals surface area (Å²) in [4.78, 5) is 2.38. The third kappa shape index (κ3) is 3.67. The summed E-state index contributed by atoms with van der Waals surface area (Å²) in [5.41, 5.74) is 0. The van der Waals surface area contributed by atoms with Crippen molar-refractivity contribution in [2.24, 2.45) is 0 Å². The third-order valence-corrected chi connectivity index (χ3v) is 4.36. The molecule has 0 aromatic carbocycles. The van der Waals surface area contributed by atoms with Crippen LogP contribution in [0.5, 0.6) is 0 Å². The predicted octanol–water partition coefficient (Wildman–Crippen LogP) is 0.838. The van der Waals surface area contributed by atoms with Gasteiger partial charge in [-0.25, -0.2) is 0 Å². The van der Waals surface area contributed by atoms with Crippen LogP contribution in [0.2, 0.25) is 0 Å². The van der Waals surface area contributed by atoms with Crippen LogP contribution in [0.3, 0.4) is 0 Å². The van der Waals surface area contributed by atoms with E-state index in [2.05, 4.69) is 17.3 Å². The minimum Gasteiger partial charge on any atom is -0.380 e.